The van der Waals surface area contributed by atoms with Crippen molar-refractivity contribution in [3.63, 3.8) is 0 Å². The van der Waals surface area contributed by atoms with E-state index in [-0.39, 0.29) is 12.0 Å². The summed E-state index contributed by atoms with van der Waals surface area (Å²) in [4.78, 5) is 13.9. The van der Waals surface area contributed by atoms with Crippen LogP contribution in [0.4, 0.5) is 0 Å². The summed E-state index contributed by atoms with van der Waals surface area (Å²) in [6.45, 7) is 2.97. The Bertz CT molecular complexity index is 427. The van der Waals surface area contributed by atoms with Gasteiger partial charge in [-0.2, -0.15) is 0 Å². The predicted molar refractivity (Wildman–Crippen MR) is 76.1 cm³/mol. The van der Waals surface area contributed by atoms with Gasteiger partial charge in [0.2, 0.25) is 0 Å². The van der Waals surface area contributed by atoms with E-state index in [4.69, 9.17) is 4.74 Å². The Hall–Kier alpha value is -1.07. The van der Waals surface area contributed by atoms with Gasteiger partial charge in [0.05, 0.1) is 6.10 Å². The van der Waals surface area contributed by atoms with E-state index >= 15 is 0 Å². The maximum Gasteiger partial charge on any atom is 0.263 e. The molecule has 0 saturated carbocycles. The van der Waals surface area contributed by atoms with Gasteiger partial charge in [-0.15, -0.1) is 0 Å². The number of likely N-dealkylation sites (tertiary alicyclic amines) is 1. The number of rotatable bonds is 3. The van der Waals surface area contributed by atoms with Gasteiger partial charge in [0.15, 0.2) is 6.10 Å². The van der Waals surface area contributed by atoms with E-state index in [9.17, 15) is 9.90 Å². The van der Waals surface area contributed by atoms with Gasteiger partial charge in [0, 0.05) is 17.6 Å². The van der Waals surface area contributed by atoms with Crippen LogP contribution in [0.25, 0.3) is 0 Å². The molecular weight excluding hydrogens is 310 g/mol. The molecule has 4 nitrogen and oxygen atoms in total. The third kappa shape index (κ3) is 3.94. The SMILES string of the molecule is CC(Oc1ccc(Br)cc1)C(=O)N1CCC(O)CC1. The van der Waals surface area contributed by atoms with Gasteiger partial charge in [-0.3, -0.25) is 4.79 Å². The maximum atomic E-state index is 12.2. The van der Waals surface area contributed by atoms with Gasteiger partial charge in [0.1, 0.15) is 5.75 Å². The zero-order valence-corrected chi connectivity index (χ0v) is 12.5. The summed E-state index contributed by atoms with van der Waals surface area (Å²) in [6.07, 6.45) is 0.524. The molecule has 1 aromatic rings. The highest BCUT2D eigenvalue weighted by Crippen LogP contribution is 2.18. The van der Waals surface area contributed by atoms with E-state index in [0.29, 0.717) is 31.7 Å². The average molecular weight is 328 g/mol. The molecule has 1 N–H and O–H groups in total. The summed E-state index contributed by atoms with van der Waals surface area (Å²) in [5.41, 5.74) is 0. The van der Waals surface area contributed by atoms with E-state index < -0.39 is 6.10 Å². The van der Waals surface area contributed by atoms with Crippen molar-refractivity contribution < 1.29 is 14.6 Å². The van der Waals surface area contributed by atoms with E-state index in [1.165, 1.54) is 0 Å². The predicted octanol–water partition coefficient (Wildman–Crippen LogP) is 2.20. The van der Waals surface area contributed by atoms with E-state index in [1.807, 2.05) is 24.3 Å². The van der Waals surface area contributed by atoms with Gasteiger partial charge >= 0.3 is 0 Å². The number of nitrogens with zero attached hydrogens (tertiary/aromatic N) is 1. The molecule has 0 aromatic heterocycles. The Balaban J connectivity index is 1.90. The minimum atomic E-state index is -0.503. The van der Waals surface area contributed by atoms with Crippen molar-refractivity contribution in [2.24, 2.45) is 0 Å². The van der Waals surface area contributed by atoms with Crippen LogP contribution in [0.3, 0.4) is 0 Å². The second-order valence-electron chi connectivity index (χ2n) is 4.77. The van der Waals surface area contributed by atoms with Crippen molar-refractivity contribution in [2.75, 3.05) is 13.1 Å². The summed E-state index contributed by atoms with van der Waals surface area (Å²) in [5, 5.41) is 9.43. The highest BCUT2D eigenvalue weighted by Gasteiger charge is 2.26. The fourth-order valence-electron chi connectivity index (χ4n) is 2.11. The molecule has 0 spiro atoms. The molecular formula is C14H18BrNO3. The number of aliphatic hydroxyl groups is 1. The van der Waals surface area contributed by atoms with Crippen molar-refractivity contribution in [2.45, 2.75) is 32.0 Å². The standard InChI is InChI=1S/C14H18BrNO3/c1-10(19-13-4-2-11(15)3-5-13)14(18)16-8-6-12(17)7-9-16/h2-5,10,12,17H,6-9H2,1H3. The quantitative estimate of drug-likeness (QED) is 0.925. The summed E-state index contributed by atoms with van der Waals surface area (Å²) in [5.74, 6) is 0.663. The molecule has 1 atom stereocenters. The summed E-state index contributed by atoms with van der Waals surface area (Å²) < 4.78 is 6.61. The van der Waals surface area contributed by atoms with Gasteiger partial charge in [-0.1, -0.05) is 15.9 Å². The van der Waals surface area contributed by atoms with Crippen LogP contribution in [0.5, 0.6) is 5.75 Å². The number of amides is 1. The normalized spacial score (nSPS) is 18.2. The molecule has 1 aromatic carbocycles. The second kappa shape index (κ2) is 6.39. The third-order valence-electron chi connectivity index (χ3n) is 3.25. The van der Waals surface area contributed by atoms with Crippen LogP contribution in [-0.4, -0.2) is 41.2 Å². The van der Waals surface area contributed by atoms with Gasteiger partial charge < -0.3 is 14.7 Å². The molecule has 1 heterocycles. The molecule has 0 radical (unpaired) electrons. The van der Waals surface area contributed by atoms with Crippen LogP contribution >= 0.6 is 15.9 Å². The topological polar surface area (TPSA) is 49.8 Å². The fourth-order valence-corrected chi connectivity index (χ4v) is 2.38. The maximum absolute atomic E-state index is 12.2. The lowest BCUT2D eigenvalue weighted by molar-refractivity contribution is -0.139. The Morgan fingerprint density at radius 1 is 1.37 bits per heavy atom. The smallest absolute Gasteiger partial charge is 0.263 e. The molecule has 1 aliphatic heterocycles. The van der Waals surface area contributed by atoms with Crippen LogP contribution in [0, 0.1) is 0 Å². The molecule has 1 amide bonds. The zero-order chi connectivity index (χ0) is 13.8. The minimum Gasteiger partial charge on any atom is -0.481 e. The first-order chi connectivity index (χ1) is 9.06. The number of hydrogen-bond acceptors (Lipinski definition) is 3. The Morgan fingerprint density at radius 2 is 1.95 bits per heavy atom. The number of carbonyl (C=O) groups excluding carboxylic acids is 1. The van der Waals surface area contributed by atoms with Crippen molar-refractivity contribution in [3.8, 4) is 5.75 Å². The molecule has 19 heavy (non-hydrogen) atoms. The lowest BCUT2D eigenvalue weighted by atomic mass is 10.1. The largest absolute Gasteiger partial charge is 0.481 e. The van der Waals surface area contributed by atoms with E-state index in [2.05, 4.69) is 15.9 Å². The number of benzene rings is 1. The minimum absolute atomic E-state index is 0.0187. The summed E-state index contributed by atoms with van der Waals surface area (Å²) in [7, 11) is 0. The average Bonchev–Trinajstić information content (AvgIpc) is 2.41. The van der Waals surface area contributed by atoms with Crippen molar-refractivity contribution in [1.82, 2.24) is 4.90 Å². The zero-order valence-electron chi connectivity index (χ0n) is 10.9. The van der Waals surface area contributed by atoms with E-state index in [0.717, 1.165) is 4.47 Å². The van der Waals surface area contributed by atoms with Crippen molar-refractivity contribution >= 4 is 21.8 Å². The second-order valence-corrected chi connectivity index (χ2v) is 5.69. The van der Waals surface area contributed by atoms with Crippen LogP contribution < -0.4 is 4.74 Å². The van der Waals surface area contributed by atoms with E-state index in [1.54, 1.807) is 11.8 Å². The summed E-state index contributed by atoms with van der Waals surface area (Å²) in [6, 6.07) is 7.41. The molecule has 1 aliphatic rings. The first-order valence-corrected chi connectivity index (χ1v) is 7.24. The Morgan fingerprint density at radius 3 is 2.53 bits per heavy atom. The fraction of sp³-hybridized carbons (Fsp3) is 0.500. The first kappa shape index (κ1) is 14.3. The number of aliphatic hydroxyl groups excluding tert-OH is 1. The van der Waals surface area contributed by atoms with Crippen LogP contribution in [-0.2, 0) is 4.79 Å². The number of ether oxygens (including phenoxy) is 1. The number of carbonyl (C=O) groups is 1. The van der Waals surface area contributed by atoms with Crippen LogP contribution in [0.2, 0.25) is 0 Å². The number of piperidine rings is 1. The van der Waals surface area contributed by atoms with Gasteiger partial charge in [0.25, 0.3) is 5.91 Å². The highest BCUT2D eigenvalue weighted by molar-refractivity contribution is 9.10. The third-order valence-corrected chi connectivity index (χ3v) is 3.78. The molecule has 5 heteroatoms. The molecule has 2 rings (SSSR count). The molecule has 1 saturated heterocycles. The monoisotopic (exact) mass is 327 g/mol. The lowest BCUT2D eigenvalue weighted by Gasteiger charge is -2.31. The highest BCUT2D eigenvalue weighted by atomic mass is 79.9. The lowest BCUT2D eigenvalue weighted by Crippen LogP contribution is -2.45. The van der Waals surface area contributed by atoms with Gasteiger partial charge in [-0.05, 0) is 44.0 Å². The molecule has 0 bridgehead atoms. The number of hydrogen-bond donors (Lipinski definition) is 1. The van der Waals surface area contributed by atoms with Crippen molar-refractivity contribution in [3.05, 3.63) is 28.7 Å². The molecule has 104 valence electrons. The Labute approximate surface area is 121 Å². The van der Waals surface area contributed by atoms with Crippen LogP contribution in [0.15, 0.2) is 28.7 Å². The molecule has 1 unspecified atom stereocenters. The summed E-state index contributed by atoms with van der Waals surface area (Å²) >= 11 is 3.35. The molecule has 0 aliphatic carbocycles. The molecule has 1 fully saturated rings. The number of halogens is 1. The van der Waals surface area contributed by atoms with Gasteiger partial charge in [-0.25, -0.2) is 0 Å². The van der Waals surface area contributed by atoms with Crippen LogP contribution in [0.1, 0.15) is 19.8 Å². The van der Waals surface area contributed by atoms with Crippen molar-refractivity contribution in [1.29, 1.82) is 0 Å². The Kier molecular flexibility index (Phi) is 4.82. The first-order valence-electron chi connectivity index (χ1n) is 6.45.